The van der Waals surface area contributed by atoms with Crippen molar-refractivity contribution in [1.29, 1.82) is 0 Å². The minimum atomic E-state index is -4.06. The van der Waals surface area contributed by atoms with Crippen LogP contribution in [0.4, 0.5) is 14.6 Å². The van der Waals surface area contributed by atoms with Gasteiger partial charge < -0.3 is 4.90 Å². The van der Waals surface area contributed by atoms with Crippen LogP contribution in [-0.2, 0) is 10.2 Å². The van der Waals surface area contributed by atoms with Gasteiger partial charge in [-0.3, -0.25) is 0 Å². The summed E-state index contributed by atoms with van der Waals surface area (Å²) in [6, 6.07) is 4.27. The zero-order chi connectivity index (χ0) is 15.9. The largest absolute Gasteiger partial charge is 0.349 e. The molecule has 0 radical (unpaired) electrons. The van der Waals surface area contributed by atoms with Crippen LogP contribution in [0, 0.1) is 11.6 Å². The summed E-state index contributed by atoms with van der Waals surface area (Å²) in [5, 5.41) is 8.81. The third kappa shape index (κ3) is 2.57. The normalized spacial score (nSPS) is 18.9. The SMILES string of the molecule is NS(=O)(=O)n1nccc1N1CCC[C@@H]1c1cc(F)ccc1F. The lowest BCUT2D eigenvalue weighted by atomic mass is 10.0. The van der Waals surface area contributed by atoms with E-state index in [1.165, 1.54) is 12.3 Å². The molecule has 3 rings (SSSR count). The maximum Gasteiger partial charge on any atom is 0.319 e. The average Bonchev–Trinajstić information content (AvgIpc) is 3.07. The van der Waals surface area contributed by atoms with Gasteiger partial charge in [0.1, 0.15) is 17.5 Å². The first-order chi connectivity index (χ1) is 10.4. The average molecular weight is 328 g/mol. The minimum Gasteiger partial charge on any atom is -0.349 e. The van der Waals surface area contributed by atoms with Gasteiger partial charge in [0, 0.05) is 18.2 Å². The van der Waals surface area contributed by atoms with Gasteiger partial charge in [-0.1, -0.05) is 0 Å². The fourth-order valence-corrected chi connectivity index (χ4v) is 3.43. The molecule has 1 aromatic heterocycles. The quantitative estimate of drug-likeness (QED) is 0.927. The number of rotatable bonds is 3. The molecule has 1 aliphatic rings. The number of benzene rings is 1. The van der Waals surface area contributed by atoms with E-state index in [-0.39, 0.29) is 11.4 Å². The maximum absolute atomic E-state index is 14.0. The zero-order valence-electron chi connectivity index (χ0n) is 11.5. The van der Waals surface area contributed by atoms with Gasteiger partial charge in [-0.15, -0.1) is 4.09 Å². The summed E-state index contributed by atoms with van der Waals surface area (Å²) in [6.07, 6.45) is 2.60. The van der Waals surface area contributed by atoms with Crippen LogP contribution in [0.3, 0.4) is 0 Å². The third-order valence-electron chi connectivity index (χ3n) is 3.70. The number of nitrogens with two attached hydrogens (primary N) is 1. The molecule has 2 heterocycles. The fourth-order valence-electron chi connectivity index (χ4n) is 2.82. The second-order valence-corrected chi connectivity index (χ2v) is 6.47. The molecule has 1 saturated heterocycles. The molecule has 2 aromatic rings. The Kier molecular flexibility index (Phi) is 3.61. The molecule has 2 N–H and O–H groups in total. The Morgan fingerprint density at radius 1 is 1.27 bits per heavy atom. The van der Waals surface area contributed by atoms with E-state index in [1.54, 1.807) is 4.90 Å². The maximum atomic E-state index is 14.0. The van der Waals surface area contributed by atoms with Crippen LogP contribution in [0.25, 0.3) is 0 Å². The van der Waals surface area contributed by atoms with Gasteiger partial charge in [0.15, 0.2) is 0 Å². The van der Waals surface area contributed by atoms with Crippen molar-refractivity contribution in [3.8, 4) is 0 Å². The summed E-state index contributed by atoms with van der Waals surface area (Å²) >= 11 is 0. The molecule has 0 unspecified atom stereocenters. The van der Waals surface area contributed by atoms with E-state index in [2.05, 4.69) is 5.10 Å². The summed E-state index contributed by atoms with van der Waals surface area (Å²) < 4.78 is 51.2. The summed E-state index contributed by atoms with van der Waals surface area (Å²) in [5.41, 5.74) is 0.194. The number of nitrogens with zero attached hydrogens (tertiary/aromatic N) is 3. The van der Waals surface area contributed by atoms with Crippen LogP contribution < -0.4 is 10.0 Å². The van der Waals surface area contributed by atoms with Gasteiger partial charge in [-0.05, 0) is 31.0 Å². The Labute approximate surface area is 126 Å². The molecule has 6 nitrogen and oxygen atoms in total. The molecule has 118 valence electrons. The van der Waals surface area contributed by atoms with E-state index in [1.807, 2.05) is 0 Å². The first-order valence-electron chi connectivity index (χ1n) is 6.67. The Morgan fingerprint density at radius 3 is 2.77 bits per heavy atom. The molecule has 0 saturated carbocycles. The minimum absolute atomic E-state index is 0.194. The summed E-state index contributed by atoms with van der Waals surface area (Å²) in [5.74, 6) is -0.822. The van der Waals surface area contributed by atoms with E-state index >= 15 is 0 Å². The fraction of sp³-hybridized carbons (Fsp3) is 0.308. The van der Waals surface area contributed by atoms with Gasteiger partial charge >= 0.3 is 10.2 Å². The molecule has 9 heteroatoms. The van der Waals surface area contributed by atoms with Crippen LogP contribution in [0.2, 0.25) is 0 Å². The van der Waals surface area contributed by atoms with E-state index < -0.39 is 27.9 Å². The molecule has 0 aliphatic carbocycles. The third-order valence-corrected chi connectivity index (χ3v) is 4.46. The summed E-state index contributed by atoms with van der Waals surface area (Å²) in [4.78, 5) is 1.68. The highest BCUT2D eigenvalue weighted by Gasteiger charge is 2.32. The van der Waals surface area contributed by atoms with Gasteiger partial charge in [0.25, 0.3) is 0 Å². The number of halogens is 2. The van der Waals surface area contributed by atoms with Crippen LogP contribution >= 0.6 is 0 Å². The highest BCUT2D eigenvalue weighted by atomic mass is 32.2. The molecular weight excluding hydrogens is 314 g/mol. The molecule has 0 amide bonds. The summed E-state index contributed by atoms with van der Waals surface area (Å²) in [7, 11) is -4.06. The highest BCUT2D eigenvalue weighted by Crippen LogP contribution is 2.37. The van der Waals surface area contributed by atoms with Gasteiger partial charge in [0.05, 0.1) is 12.2 Å². The van der Waals surface area contributed by atoms with E-state index in [0.29, 0.717) is 17.1 Å². The number of aromatic nitrogens is 2. The topological polar surface area (TPSA) is 81.2 Å². The Bertz CT molecular complexity index is 806. The van der Waals surface area contributed by atoms with Crippen LogP contribution in [0.1, 0.15) is 24.4 Å². The lowest BCUT2D eigenvalue weighted by Gasteiger charge is -2.27. The lowest BCUT2D eigenvalue weighted by molar-refractivity contribution is 0.557. The van der Waals surface area contributed by atoms with Crippen molar-refractivity contribution in [2.24, 2.45) is 5.14 Å². The molecule has 0 spiro atoms. The first kappa shape index (κ1) is 14.9. The van der Waals surface area contributed by atoms with Crippen LogP contribution in [-0.4, -0.2) is 24.1 Å². The smallest absolute Gasteiger partial charge is 0.319 e. The zero-order valence-corrected chi connectivity index (χ0v) is 12.3. The second-order valence-electron chi connectivity index (χ2n) is 5.09. The van der Waals surface area contributed by atoms with E-state index in [4.69, 9.17) is 5.14 Å². The number of anilines is 1. The molecule has 0 bridgehead atoms. The van der Waals surface area contributed by atoms with Crippen molar-refractivity contribution in [3.05, 3.63) is 47.7 Å². The standard InChI is InChI=1S/C13H14F2N4O2S/c14-9-3-4-11(15)10(8-9)12-2-1-7-18(12)13-5-6-17-19(13)22(16,20)21/h3-6,8,12H,1-2,7H2,(H2,16,20,21)/t12-/m1/s1. The van der Waals surface area contributed by atoms with Crippen LogP contribution in [0.15, 0.2) is 30.5 Å². The van der Waals surface area contributed by atoms with Crippen molar-refractivity contribution < 1.29 is 17.2 Å². The Balaban J connectivity index is 2.05. The van der Waals surface area contributed by atoms with Crippen molar-refractivity contribution in [1.82, 2.24) is 9.19 Å². The molecular formula is C13H14F2N4O2S. The van der Waals surface area contributed by atoms with Gasteiger partial charge in [-0.2, -0.15) is 13.5 Å². The molecule has 1 fully saturated rings. The predicted octanol–water partition coefficient (Wildman–Crippen LogP) is 1.55. The first-order valence-corrected chi connectivity index (χ1v) is 8.17. The van der Waals surface area contributed by atoms with E-state index in [9.17, 15) is 17.2 Å². The van der Waals surface area contributed by atoms with Crippen molar-refractivity contribution in [2.75, 3.05) is 11.4 Å². The van der Waals surface area contributed by atoms with Crippen molar-refractivity contribution in [2.45, 2.75) is 18.9 Å². The molecule has 1 aromatic carbocycles. The van der Waals surface area contributed by atoms with Crippen molar-refractivity contribution >= 4 is 16.0 Å². The Morgan fingerprint density at radius 2 is 2.05 bits per heavy atom. The highest BCUT2D eigenvalue weighted by molar-refractivity contribution is 7.87. The Hall–Kier alpha value is -2.00. The molecule has 22 heavy (non-hydrogen) atoms. The lowest BCUT2D eigenvalue weighted by Crippen LogP contribution is -2.31. The molecule has 1 aliphatic heterocycles. The van der Waals surface area contributed by atoms with Gasteiger partial charge in [0.2, 0.25) is 0 Å². The number of hydrogen-bond acceptors (Lipinski definition) is 4. The predicted molar refractivity (Wildman–Crippen MR) is 76.4 cm³/mol. The van der Waals surface area contributed by atoms with Crippen LogP contribution in [0.5, 0.6) is 0 Å². The second kappa shape index (κ2) is 5.33. The summed E-state index contributed by atoms with van der Waals surface area (Å²) in [6.45, 7) is 0.502. The van der Waals surface area contributed by atoms with Gasteiger partial charge in [-0.25, -0.2) is 13.9 Å². The van der Waals surface area contributed by atoms with Crippen molar-refractivity contribution in [3.63, 3.8) is 0 Å². The molecule has 1 atom stereocenters. The van der Waals surface area contributed by atoms with E-state index in [0.717, 1.165) is 24.6 Å². The number of hydrogen-bond donors (Lipinski definition) is 1. The monoisotopic (exact) mass is 328 g/mol.